The minimum atomic E-state index is -0.307. The maximum Gasteiger partial charge on any atom is 0.310 e. The molecule has 0 aromatic heterocycles. The molecule has 1 fully saturated rings. The predicted octanol–water partition coefficient (Wildman–Crippen LogP) is 0.425. The second-order valence-corrected chi connectivity index (χ2v) is 3.92. The second-order valence-electron chi connectivity index (χ2n) is 3.92. The van der Waals surface area contributed by atoms with Gasteiger partial charge >= 0.3 is 5.97 Å². The molecule has 1 rings (SSSR count). The quantitative estimate of drug-likeness (QED) is 0.527. The first-order valence-electron chi connectivity index (χ1n) is 5.58. The third-order valence-electron chi connectivity index (χ3n) is 2.48. The SMILES string of the molecule is CCCC(=O)CC(=O)NCC1CCOC1=O. The molecular formula is C11H17NO4. The zero-order chi connectivity index (χ0) is 12.0. The number of hydrogen-bond acceptors (Lipinski definition) is 4. The molecule has 0 saturated carbocycles. The van der Waals surface area contributed by atoms with Crippen molar-refractivity contribution < 1.29 is 19.1 Å². The van der Waals surface area contributed by atoms with E-state index in [4.69, 9.17) is 4.74 Å². The smallest absolute Gasteiger partial charge is 0.310 e. The number of hydrogen-bond donors (Lipinski definition) is 1. The van der Waals surface area contributed by atoms with Gasteiger partial charge in [0.1, 0.15) is 5.78 Å². The van der Waals surface area contributed by atoms with E-state index in [1.165, 1.54) is 0 Å². The summed E-state index contributed by atoms with van der Waals surface area (Å²) in [6, 6.07) is 0. The highest BCUT2D eigenvalue weighted by Gasteiger charge is 2.26. The largest absolute Gasteiger partial charge is 0.465 e. The van der Waals surface area contributed by atoms with Crippen LogP contribution in [-0.2, 0) is 19.1 Å². The monoisotopic (exact) mass is 227 g/mol. The number of amides is 1. The summed E-state index contributed by atoms with van der Waals surface area (Å²) >= 11 is 0. The van der Waals surface area contributed by atoms with Gasteiger partial charge in [-0.2, -0.15) is 0 Å². The highest BCUT2D eigenvalue weighted by atomic mass is 16.5. The minimum Gasteiger partial charge on any atom is -0.465 e. The van der Waals surface area contributed by atoms with Gasteiger partial charge in [-0.3, -0.25) is 14.4 Å². The van der Waals surface area contributed by atoms with E-state index in [0.717, 1.165) is 6.42 Å². The molecule has 0 radical (unpaired) electrons. The molecule has 0 aliphatic carbocycles. The summed E-state index contributed by atoms with van der Waals surface area (Å²) < 4.78 is 4.76. The molecule has 1 unspecified atom stereocenters. The van der Waals surface area contributed by atoms with Gasteiger partial charge < -0.3 is 10.1 Å². The Kier molecular flexibility index (Phi) is 4.95. The van der Waals surface area contributed by atoms with Crippen LogP contribution in [0.25, 0.3) is 0 Å². The van der Waals surface area contributed by atoms with Crippen molar-refractivity contribution in [1.29, 1.82) is 0 Å². The topological polar surface area (TPSA) is 72.5 Å². The van der Waals surface area contributed by atoms with Crippen LogP contribution in [0.5, 0.6) is 0 Å². The molecule has 1 aliphatic rings. The Bertz CT molecular complexity index is 288. The van der Waals surface area contributed by atoms with E-state index in [2.05, 4.69) is 5.32 Å². The maximum atomic E-state index is 11.3. The standard InChI is InChI=1S/C11H17NO4/c1-2-3-9(13)6-10(14)12-7-8-4-5-16-11(8)15/h8H,2-7H2,1H3,(H,12,14). The van der Waals surface area contributed by atoms with Gasteiger partial charge in [-0.25, -0.2) is 0 Å². The number of ether oxygens (including phenoxy) is 1. The number of cyclic esters (lactones) is 1. The highest BCUT2D eigenvalue weighted by Crippen LogP contribution is 2.12. The van der Waals surface area contributed by atoms with E-state index in [0.29, 0.717) is 19.4 Å². The summed E-state index contributed by atoms with van der Waals surface area (Å²) in [5.41, 5.74) is 0. The Balaban J connectivity index is 2.19. The lowest BCUT2D eigenvalue weighted by molar-refractivity contribution is -0.141. The van der Waals surface area contributed by atoms with E-state index >= 15 is 0 Å². The number of ketones is 1. The Morgan fingerprint density at radius 3 is 2.81 bits per heavy atom. The van der Waals surface area contributed by atoms with Crippen molar-refractivity contribution in [3.05, 3.63) is 0 Å². The molecule has 1 atom stereocenters. The first-order chi connectivity index (χ1) is 7.63. The second kappa shape index (κ2) is 6.25. The fraction of sp³-hybridized carbons (Fsp3) is 0.727. The summed E-state index contributed by atoms with van der Waals surface area (Å²) in [4.78, 5) is 33.5. The van der Waals surface area contributed by atoms with Crippen molar-refractivity contribution in [3.63, 3.8) is 0 Å². The van der Waals surface area contributed by atoms with E-state index in [1.807, 2.05) is 6.92 Å². The van der Waals surface area contributed by atoms with Crippen LogP contribution in [0.1, 0.15) is 32.6 Å². The molecule has 1 saturated heterocycles. The van der Waals surface area contributed by atoms with Crippen molar-refractivity contribution in [2.24, 2.45) is 5.92 Å². The van der Waals surface area contributed by atoms with Crippen LogP contribution < -0.4 is 5.32 Å². The van der Waals surface area contributed by atoms with Gasteiger partial charge in [0.05, 0.1) is 18.9 Å². The van der Waals surface area contributed by atoms with Crippen LogP contribution in [0, 0.1) is 5.92 Å². The van der Waals surface area contributed by atoms with Crippen molar-refractivity contribution >= 4 is 17.7 Å². The third kappa shape index (κ3) is 4.00. The van der Waals surface area contributed by atoms with Crippen LogP contribution in [0.15, 0.2) is 0 Å². The van der Waals surface area contributed by atoms with Crippen molar-refractivity contribution in [2.45, 2.75) is 32.6 Å². The van der Waals surface area contributed by atoms with E-state index in [-0.39, 0.29) is 36.5 Å². The van der Waals surface area contributed by atoms with Crippen molar-refractivity contribution in [2.75, 3.05) is 13.2 Å². The molecule has 90 valence electrons. The summed E-state index contributed by atoms with van der Waals surface area (Å²) in [5, 5.41) is 2.58. The molecule has 0 bridgehead atoms. The molecule has 5 nitrogen and oxygen atoms in total. The molecular weight excluding hydrogens is 210 g/mol. The molecule has 1 N–H and O–H groups in total. The van der Waals surface area contributed by atoms with Crippen molar-refractivity contribution in [3.8, 4) is 0 Å². The van der Waals surface area contributed by atoms with Gasteiger partial charge in [0.15, 0.2) is 0 Å². The fourth-order valence-electron chi connectivity index (χ4n) is 1.57. The van der Waals surface area contributed by atoms with Gasteiger partial charge in [0.2, 0.25) is 5.91 Å². The molecule has 0 spiro atoms. The molecule has 16 heavy (non-hydrogen) atoms. The van der Waals surface area contributed by atoms with Gasteiger partial charge in [-0.1, -0.05) is 6.92 Å². The number of nitrogens with one attached hydrogen (secondary N) is 1. The Hall–Kier alpha value is -1.39. The number of Topliss-reactive ketones (excluding diaryl/α,β-unsaturated/α-hetero) is 1. The van der Waals surface area contributed by atoms with Crippen LogP contribution in [0.3, 0.4) is 0 Å². The van der Waals surface area contributed by atoms with Crippen LogP contribution in [0.2, 0.25) is 0 Å². The first-order valence-corrected chi connectivity index (χ1v) is 5.58. The van der Waals surface area contributed by atoms with Gasteiger partial charge in [0.25, 0.3) is 0 Å². The van der Waals surface area contributed by atoms with E-state index in [1.54, 1.807) is 0 Å². The highest BCUT2D eigenvalue weighted by molar-refractivity contribution is 5.98. The number of esters is 1. The average molecular weight is 227 g/mol. The molecule has 5 heteroatoms. The predicted molar refractivity (Wildman–Crippen MR) is 56.6 cm³/mol. The summed E-state index contributed by atoms with van der Waals surface area (Å²) in [6.07, 6.45) is 1.73. The maximum absolute atomic E-state index is 11.3. The Morgan fingerprint density at radius 2 is 2.25 bits per heavy atom. The van der Waals surface area contributed by atoms with Crippen LogP contribution >= 0.6 is 0 Å². The lowest BCUT2D eigenvalue weighted by Gasteiger charge is -2.07. The normalized spacial score (nSPS) is 19.3. The Morgan fingerprint density at radius 1 is 1.50 bits per heavy atom. The number of carbonyl (C=O) groups excluding carboxylic acids is 3. The Labute approximate surface area is 94.5 Å². The summed E-state index contributed by atoms with van der Waals surface area (Å²) in [5.74, 6) is -0.877. The average Bonchev–Trinajstić information content (AvgIpc) is 2.61. The summed E-state index contributed by atoms with van der Waals surface area (Å²) in [6.45, 7) is 2.59. The van der Waals surface area contributed by atoms with Crippen LogP contribution in [-0.4, -0.2) is 30.8 Å². The fourth-order valence-corrected chi connectivity index (χ4v) is 1.57. The molecule has 0 aromatic carbocycles. The zero-order valence-corrected chi connectivity index (χ0v) is 9.45. The van der Waals surface area contributed by atoms with Gasteiger partial charge in [-0.15, -0.1) is 0 Å². The minimum absolute atomic E-state index is 0.0611. The lowest BCUT2D eigenvalue weighted by atomic mass is 10.1. The molecule has 0 aromatic rings. The number of carbonyl (C=O) groups is 3. The van der Waals surface area contributed by atoms with E-state index in [9.17, 15) is 14.4 Å². The number of rotatable bonds is 6. The third-order valence-corrected chi connectivity index (χ3v) is 2.48. The molecule has 1 aliphatic heterocycles. The summed E-state index contributed by atoms with van der Waals surface area (Å²) in [7, 11) is 0. The van der Waals surface area contributed by atoms with Crippen LogP contribution in [0.4, 0.5) is 0 Å². The zero-order valence-electron chi connectivity index (χ0n) is 9.45. The van der Waals surface area contributed by atoms with Crippen molar-refractivity contribution in [1.82, 2.24) is 5.32 Å². The van der Waals surface area contributed by atoms with Gasteiger partial charge in [0, 0.05) is 13.0 Å². The first kappa shape index (κ1) is 12.7. The lowest BCUT2D eigenvalue weighted by Crippen LogP contribution is -2.32. The molecule has 1 heterocycles. The van der Waals surface area contributed by atoms with Gasteiger partial charge in [-0.05, 0) is 12.8 Å². The molecule has 1 amide bonds. The van der Waals surface area contributed by atoms with E-state index < -0.39 is 0 Å².